The number of carbonyl (C=O) groups excluding carboxylic acids is 2. The van der Waals surface area contributed by atoms with E-state index in [2.05, 4.69) is 15.6 Å². The van der Waals surface area contributed by atoms with E-state index in [4.69, 9.17) is 4.74 Å². The molecule has 0 spiro atoms. The maximum Gasteiger partial charge on any atom is 0.270 e. The van der Waals surface area contributed by atoms with E-state index in [1.54, 1.807) is 18.2 Å². The summed E-state index contributed by atoms with van der Waals surface area (Å²) < 4.78 is 5.53. The van der Waals surface area contributed by atoms with Gasteiger partial charge in [0.15, 0.2) is 0 Å². The van der Waals surface area contributed by atoms with E-state index in [0.29, 0.717) is 30.2 Å². The summed E-state index contributed by atoms with van der Waals surface area (Å²) in [5, 5.41) is 5.64. The smallest absolute Gasteiger partial charge is 0.270 e. The normalized spacial score (nSPS) is 10.3. The molecule has 0 aliphatic heterocycles. The molecule has 2 N–H and O–H groups in total. The largest absolute Gasteiger partial charge is 0.492 e. The van der Waals surface area contributed by atoms with Crippen LogP contribution < -0.4 is 15.4 Å². The highest BCUT2D eigenvalue weighted by molar-refractivity contribution is 6.06. The minimum absolute atomic E-state index is 0.183. The van der Waals surface area contributed by atoms with Crippen LogP contribution in [0.2, 0.25) is 0 Å². The third-order valence-electron chi connectivity index (χ3n) is 4.26. The van der Waals surface area contributed by atoms with Crippen molar-refractivity contribution in [1.29, 1.82) is 0 Å². The summed E-state index contributed by atoms with van der Waals surface area (Å²) in [6, 6.07) is 18.1. The van der Waals surface area contributed by atoms with Crippen molar-refractivity contribution < 1.29 is 14.3 Å². The lowest BCUT2D eigenvalue weighted by molar-refractivity contribution is 0.0946. The zero-order valence-electron chi connectivity index (χ0n) is 16.4. The van der Waals surface area contributed by atoms with Crippen molar-refractivity contribution in [2.75, 3.05) is 11.9 Å². The van der Waals surface area contributed by atoms with Crippen LogP contribution in [0, 0.1) is 6.92 Å². The number of para-hydroxylation sites is 2. The second kappa shape index (κ2) is 9.50. The number of hydrogen-bond acceptors (Lipinski definition) is 4. The lowest BCUT2D eigenvalue weighted by Gasteiger charge is -2.11. The summed E-state index contributed by atoms with van der Waals surface area (Å²) in [5.74, 6) is -0.0875. The Labute approximate surface area is 169 Å². The number of rotatable bonds is 7. The fourth-order valence-electron chi connectivity index (χ4n) is 2.72. The number of hydrogen-bond donors (Lipinski definition) is 2. The van der Waals surface area contributed by atoms with Gasteiger partial charge in [-0.05, 0) is 43.7 Å². The first kappa shape index (κ1) is 20.1. The predicted octanol–water partition coefficient (Wildman–Crippen LogP) is 3.97. The number of benzene rings is 2. The molecule has 0 saturated heterocycles. The SMILES string of the molecule is CCOc1ccccc1NC(=O)c1ccnc(C(=O)NCc2ccc(C)cc2)c1. The molecule has 3 aromatic rings. The third kappa shape index (κ3) is 5.42. The Morgan fingerprint density at radius 1 is 1.00 bits per heavy atom. The van der Waals surface area contributed by atoms with Gasteiger partial charge >= 0.3 is 0 Å². The van der Waals surface area contributed by atoms with E-state index in [0.717, 1.165) is 11.1 Å². The van der Waals surface area contributed by atoms with Gasteiger partial charge in [0.25, 0.3) is 11.8 Å². The number of amides is 2. The second-order valence-corrected chi connectivity index (χ2v) is 6.48. The van der Waals surface area contributed by atoms with Crippen molar-refractivity contribution in [2.24, 2.45) is 0 Å². The molecule has 6 nitrogen and oxygen atoms in total. The number of aromatic nitrogens is 1. The van der Waals surface area contributed by atoms with Crippen LogP contribution in [-0.4, -0.2) is 23.4 Å². The molecule has 0 bridgehead atoms. The molecule has 0 fully saturated rings. The van der Waals surface area contributed by atoms with Crippen LogP contribution in [0.4, 0.5) is 5.69 Å². The van der Waals surface area contributed by atoms with Crippen molar-refractivity contribution >= 4 is 17.5 Å². The highest BCUT2D eigenvalue weighted by Gasteiger charge is 2.13. The Balaban J connectivity index is 1.67. The quantitative estimate of drug-likeness (QED) is 0.641. The molecule has 6 heteroatoms. The summed E-state index contributed by atoms with van der Waals surface area (Å²) in [6.07, 6.45) is 1.45. The van der Waals surface area contributed by atoms with Gasteiger partial charge in [-0.25, -0.2) is 0 Å². The van der Waals surface area contributed by atoms with Crippen molar-refractivity contribution in [2.45, 2.75) is 20.4 Å². The maximum absolute atomic E-state index is 12.6. The Bertz CT molecular complexity index is 1000. The molecule has 2 amide bonds. The van der Waals surface area contributed by atoms with Crippen LogP contribution in [0.25, 0.3) is 0 Å². The topological polar surface area (TPSA) is 80.3 Å². The van der Waals surface area contributed by atoms with Crippen LogP contribution in [0.15, 0.2) is 66.9 Å². The Kier molecular flexibility index (Phi) is 6.58. The summed E-state index contributed by atoms with van der Waals surface area (Å²) in [7, 11) is 0. The molecule has 3 rings (SSSR count). The Morgan fingerprint density at radius 3 is 2.52 bits per heavy atom. The third-order valence-corrected chi connectivity index (χ3v) is 4.26. The van der Waals surface area contributed by atoms with Gasteiger partial charge < -0.3 is 15.4 Å². The van der Waals surface area contributed by atoms with Gasteiger partial charge in [-0.2, -0.15) is 0 Å². The Morgan fingerprint density at radius 2 is 1.76 bits per heavy atom. The van der Waals surface area contributed by atoms with Crippen LogP contribution in [-0.2, 0) is 6.54 Å². The number of nitrogens with one attached hydrogen (secondary N) is 2. The highest BCUT2D eigenvalue weighted by Crippen LogP contribution is 2.24. The molecular formula is C23H23N3O3. The van der Waals surface area contributed by atoms with Gasteiger partial charge in [-0.3, -0.25) is 14.6 Å². The number of aryl methyl sites for hydroxylation is 1. The van der Waals surface area contributed by atoms with E-state index in [1.165, 1.54) is 12.3 Å². The molecule has 0 aliphatic rings. The minimum atomic E-state index is -0.341. The summed E-state index contributed by atoms with van der Waals surface area (Å²) in [6.45, 7) is 4.77. The van der Waals surface area contributed by atoms with E-state index >= 15 is 0 Å². The number of anilines is 1. The lowest BCUT2D eigenvalue weighted by atomic mass is 10.1. The van der Waals surface area contributed by atoms with Crippen LogP contribution in [0.1, 0.15) is 38.9 Å². The van der Waals surface area contributed by atoms with E-state index in [1.807, 2.05) is 50.2 Å². The van der Waals surface area contributed by atoms with Crippen LogP contribution >= 0.6 is 0 Å². The first-order valence-electron chi connectivity index (χ1n) is 9.40. The van der Waals surface area contributed by atoms with Gasteiger partial charge in [0.1, 0.15) is 11.4 Å². The average molecular weight is 389 g/mol. The number of carbonyl (C=O) groups is 2. The van der Waals surface area contributed by atoms with E-state index in [-0.39, 0.29) is 17.5 Å². The molecule has 2 aromatic carbocycles. The molecule has 1 heterocycles. The zero-order chi connectivity index (χ0) is 20.6. The monoisotopic (exact) mass is 389 g/mol. The van der Waals surface area contributed by atoms with Crippen molar-refractivity contribution in [3.63, 3.8) is 0 Å². The molecule has 1 aromatic heterocycles. The van der Waals surface area contributed by atoms with Crippen molar-refractivity contribution in [3.8, 4) is 5.75 Å². The molecule has 29 heavy (non-hydrogen) atoms. The van der Waals surface area contributed by atoms with Gasteiger partial charge in [-0.15, -0.1) is 0 Å². The number of nitrogens with zero attached hydrogens (tertiary/aromatic N) is 1. The number of ether oxygens (including phenoxy) is 1. The van der Waals surface area contributed by atoms with Crippen LogP contribution in [0.5, 0.6) is 5.75 Å². The summed E-state index contributed by atoms with van der Waals surface area (Å²) in [4.78, 5) is 29.1. The fraction of sp³-hybridized carbons (Fsp3) is 0.174. The molecule has 0 unspecified atom stereocenters. The molecule has 0 aliphatic carbocycles. The standard InChI is InChI=1S/C23H23N3O3/c1-3-29-21-7-5-4-6-19(21)26-22(27)18-12-13-24-20(14-18)23(28)25-15-17-10-8-16(2)9-11-17/h4-14H,3,15H2,1-2H3,(H,25,28)(H,26,27). The zero-order valence-corrected chi connectivity index (χ0v) is 16.4. The second-order valence-electron chi connectivity index (χ2n) is 6.48. The van der Waals surface area contributed by atoms with Crippen molar-refractivity contribution in [3.05, 3.63) is 89.2 Å². The molecule has 0 saturated carbocycles. The minimum Gasteiger partial charge on any atom is -0.492 e. The molecular weight excluding hydrogens is 366 g/mol. The first-order valence-corrected chi connectivity index (χ1v) is 9.40. The maximum atomic E-state index is 12.6. The van der Waals surface area contributed by atoms with Crippen molar-refractivity contribution in [1.82, 2.24) is 10.3 Å². The average Bonchev–Trinajstić information content (AvgIpc) is 2.75. The van der Waals surface area contributed by atoms with Crippen LogP contribution in [0.3, 0.4) is 0 Å². The Hall–Kier alpha value is -3.67. The summed E-state index contributed by atoms with van der Waals surface area (Å²) >= 11 is 0. The molecule has 148 valence electrons. The molecule has 0 atom stereocenters. The van der Waals surface area contributed by atoms with Gasteiger partial charge in [0.05, 0.1) is 12.3 Å². The number of pyridine rings is 1. The fourth-order valence-corrected chi connectivity index (χ4v) is 2.72. The van der Waals surface area contributed by atoms with Gasteiger partial charge in [0, 0.05) is 18.3 Å². The van der Waals surface area contributed by atoms with Gasteiger partial charge in [0.2, 0.25) is 0 Å². The molecule has 0 radical (unpaired) electrons. The predicted molar refractivity (Wildman–Crippen MR) is 112 cm³/mol. The van der Waals surface area contributed by atoms with E-state index < -0.39 is 0 Å². The lowest BCUT2D eigenvalue weighted by Crippen LogP contribution is -2.24. The first-order chi connectivity index (χ1) is 14.1. The highest BCUT2D eigenvalue weighted by atomic mass is 16.5. The van der Waals surface area contributed by atoms with E-state index in [9.17, 15) is 9.59 Å². The summed E-state index contributed by atoms with van der Waals surface area (Å²) in [5.41, 5.74) is 3.24. The van der Waals surface area contributed by atoms with Gasteiger partial charge in [-0.1, -0.05) is 42.0 Å².